The lowest BCUT2D eigenvalue weighted by atomic mass is 9.85. The third-order valence-electron chi connectivity index (χ3n) is 6.86. The molecule has 1 amide bonds. The van der Waals surface area contributed by atoms with E-state index in [0.717, 1.165) is 5.82 Å². The molecule has 2 saturated heterocycles. The van der Waals surface area contributed by atoms with Gasteiger partial charge in [0.05, 0.1) is 6.26 Å². The molecule has 2 fully saturated rings. The maximum atomic E-state index is 13.1. The van der Waals surface area contributed by atoms with Crippen LogP contribution >= 0.6 is 0 Å². The van der Waals surface area contributed by atoms with E-state index in [1.54, 1.807) is 17.3 Å². The largest absolute Gasteiger partial charge is 0.353 e. The minimum atomic E-state index is -3.29. The van der Waals surface area contributed by atoms with Crippen LogP contribution in [0.1, 0.15) is 29.0 Å². The molecule has 3 aliphatic rings. The molecule has 11 heteroatoms. The van der Waals surface area contributed by atoms with E-state index in [4.69, 9.17) is 0 Å². The lowest BCUT2D eigenvalue weighted by molar-refractivity contribution is 0.0743. The van der Waals surface area contributed by atoms with E-state index < -0.39 is 21.0 Å². The highest BCUT2D eigenvalue weighted by atomic mass is 32.2. The lowest BCUT2D eigenvalue weighted by Crippen LogP contribution is -2.50. The number of hydrogen-bond donors (Lipinski definition) is 0. The fraction of sp³-hybridized carbons (Fsp3) is 0.524. The van der Waals surface area contributed by atoms with Gasteiger partial charge in [-0.15, -0.1) is 0 Å². The molecule has 0 aliphatic carbocycles. The number of aryl methyl sites for hydroxylation is 1. The Bertz CT molecular complexity index is 1210. The normalized spacial score (nSPS) is 23.7. The maximum absolute atomic E-state index is 13.1. The molecule has 0 unspecified atom stereocenters. The highest BCUT2D eigenvalue weighted by molar-refractivity contribution is 7.88. The Balaban J connectivity index is 1.33. The maximum Gasteiger partial charge on any atom is 0.285 e. The van der Waals surface area contributed by atoms with Gasteiger partial charge in [-0.2, -0.15) is 4.98 Å². The van der Waals surface area contributed by atoms with Crippen molar-refractivity contribution < 1.29 is 13.2 Å². The molecule has 1 spiro atoms. The summed E-state index contributed by atoms with van der Waals surface area (Å²) in [5.74, 6) is 1.18. The van der Waals surface area contributed by atoms with Gasteiger partial charge in [0.2, 0.25) is 10.0 Å². The number of hydrogen-bond acceptors (Lipinski definition) is 7. The number of rotatable bonds is 3. The van der Waals surface area contributed by atoms with Crippen LogP contribution in [0.3, 0.4) is 0 Å². The molecule has 10 nitrogen and oxygen atoms in total. The monoisotopic (exact) mass is 458 g/mol. The zero-order valence-corrected chi connectivity index (χ0v) is 18.8. The first kappa shape index (κ1) is 21.1. The van der Waals surface area contributed by atoms with Gasteiger partial charge in [-0.25, -0.2) is 17.7 Å². The number of carbonyl (C=O) groups is 1. The summed E-state index contributed by atoms with van der Waals surface area (Å²) < 4.78 is 27.2. The summed E-state index contributed by atoms with van der Waals surface area (Å²) in [6.07, 6.45) is 5.92. The second-order valence-corrected chi connectivity index (χ2v) is 10.8. The van der Waals surface area contributed by atoms with Gasteiger partial charge in [0.15, 0.2) is 0 Å². The van der Waals surface area contributed by atoms with E-state index in [9.17, 15) is 18.0 Å². The van der Waals surface area contributed by atoms with Gasteiger partial charge in [0.25, 0.3) is 11.5 Å². The summed E-state index contributed by atoms with van der Waals surface area (Å²) in [4.78, 5) is 38.4. The van der Waals surface area contributed by atoms with E-state index in [0.29, 0.717) is 64.5 Å². The van der Waals surface area contributed by atoms with Crippen LogP contribution in [0.25, 0.3) is 0 Å². The van der Waals surface area contributed by atoms with Gasteiger partial charge >= 0.3 is 0 Å². The van der Waals surface area contributed by atoms with E-state index in [2.05, 4.69) is 14.9 Å². The molecule has 5 heterocycles. The van der Waals surface area contributed by atoms with Crippen molar-refractivity contribution in [3.63, 3.8) is 0 Å². The van der Waals surface area contributed by atoms with Crippen molar-refractivity contribution in [2.75, 3.05) is 50.4 Å². The molecule has 0 bridgehead atoms. The van der Waals surface area contributed by atoms with Crippen LogP contribution < -0.4 is 10.5 Å². The third-order valence-corrected chi connectivity index (χ3v) is 8.11. The Morgan fingerprint density at radius 3 is 2.47 bits per heavy atom. The average molecular weight is 459 g/mol. The molecule has 2 aromatic heterocycles. The number of piperazine rings is 1. The second kappa shape index (κ2) is 7.66. The molecule has 2 aromatic rings. The van der Waals surface area contributed by atoms with Crippen molar-refractivity contribution in [3.05, 3.63) is 52.3 Å². The number of pyridine rings is 1. The second-order valence-electron chi connectivity index (χ2n) is 8.82. The van der Waals surface area contributed by atoms with Crippen LogP contribution in [0.4, 0.5) is 5.82 Å². The minimum absolute atomic E-state index is 0.0788. The topological polar surface area (TPSA) is 109 Å². The highest BCUT2D eigenvalue weighted by Gasteiger charge is 2.48. The van der Waals surface area contributed by atoms with Crippen LogP contribution in [-0.4, -0.2) is 83.6 Å². The molecule has 0 N–H and O–H groups in total. The third kappa shape index (κ3) is 3.58. The van der Waals surface area contributed by atoms with Crippen LogP contribution in [0, 0.1) is 0 Å². The van der Waals surface area contributed by atoms with Gasteiger partial charge in [-0.1, -0.05) is 6.07 Å². The number of amides is 1. The molecular formula is C21H26N6O4S. The van der Waals surface area contributed by atoms with Crippen molar-refractivity contribution in [1.29, 1.82) is 0 Å². The Labute approximate surface area is 186 Å². The number of nitrogens with zero attached hydrogens (tertiary/aromatic N) is 6. The summed E-state index contributed by atoms with van der Waals surface area (Å²) in [7, 11) is -3.29. The first-order valence-electron chi connectivity index (χ1n) is 10.8. The molecular weight excluding hydrogens is 432 g/mol. The van der Waals surface area contributed by atoms with Crippen LogP contribution in [0.2, 0.25) is 0 Å². The van der Waals surface area contributed by atoms with E-state index in [1.165, 1.54) is 10.6 Å². The van der Waals surface area contributed by atoms with Crippen molar-refractivity contribution in [1.82, 2.24) is 23.7 Å². The minimum Gasteiger partial charge on any atom is -0.353 e. The number of fused-ring (bicyclic) bond motifs is 2. The van der Waals surface area contributed by atoms with Gasteiger partial charge in [0.1, 0.15) is 17.2 Å². The van der Waals surface area contributed by atoms with Crippen molar-refractivity contribution in [2.45, 2.75) is 24.8 Å². The number of sulfonamides is 1. The predicted molar refractivity (Wildman–Crippen MR) is 118 cm³/mol. The smallest absolute Gasteiger partial charge is 0.285 e. The van der Waals surface area contributed by atoms with Crippen molar-refractivity contribution >= 4 is 21.7 Å². The Morgan fingerprint density at radius 1 is 1.06 bits per heavy atom. The highest BCUT2D eigenvalue weighted by Crippen LogP contribution is 2.41. The van der Waals surface area contributed by atoms with Gasteiger partial charge in [0, 0.05) is 63.6 Å². The van der Waals surface area contributed by atoms with Crippen molar-refractivity contribution in [2.24, 2.45) is 0 Å². The van der Waals surface area contributed by atoms with E-state index in [1.807, 2.05) is 22.8 Å². The summed E-state index contributed by atoms with van der Waals surface area (Å²) in [5, 5.41) is 0. The molecule has 0 saturated carbocycles. The quantitative estimate of drug-likeness (QED) is 0.632. The van der Waals surface area contributed by atoms with Crippen LogP contribution in [0.15, 0.2) is 35.4 Å². The number of anilines is 1. The summed E-state index contributed by atoms with van der Waals surface area (Å²) >= 11 is 0. The van der Waals surface area contributed by atoms with E-state index in [-0.39, 0.29) is 11.5 Å². The molecule has 0 radical (unpaired) electrons. The molecule has 32 heavy (non-hydrogen) atoms. The summed E-state index contributed by atoms with van der Waals surface area (Å²) in [5.41, 5.74) is -0.902. The van der Waals surface area contributed by atoms with Gasteiger partial charge < -0.3 is 14.4 Å². The number of carbonyl (C=O) groups excluding carboxylic acids is 1. The molecule has 1 atom stereocenters. The van der Waals surface area contributed by atoms with Crippen LogP contribution in [0.5, 0.6) is 0 Å². The Hall–Kier alpha value is -2.79. The zero-order chi connectivity index (χ0) is 22.5. The molecule has 170 valence electrons. The molecule has 0 aromatic carbocycles. The average Bonchev–Trinajstić information content (AvgIpc) is 3.38. The standard InChI is InChI=1S/C21H26N6O4S/c1-32(30,31)27-9-6-21(15-27)5-8-26-14-16(18(28)23-20(21)26)19(29)25-12-10-24(11-13-25)17-4-2-3-7-22-17/h2-4,7,14H,5-6,8-13,15H2,1H3/t21-/m1/s1. The first-order valence-corrected chi connectivity index (χ1v) is 12.6. The molecule has 3 aliphatic heterocycles. The predicted octanol–water partition coefficient (Wildman–Crippen LogP) is -0.0925. The van der Waals surface area contributed by atoms with Gasteiger partial charge in [-0.3, -0.25) is 9.59 Å². The lowest BCUT2D eigenvalue weighted by Gasteiger charge is -2.35. The Kier molecular flexibility index (Phi) is 5.05. The summed E-state index contributed by atoms with van der Waals surface area (Å²) in [6, 6.07) is 5.74. The zero-order valence-electron chi connectivity index (χ0n) is 18.0. The number of aromatic nitrogens is 3. The van der Waals surface area contributed by atoms with Crippen LogP contribution in [-0.2, 0) is 22.0 Å². The van der Waals surface area contributed by atoms with Crippen molar-refractivity contribution in [3.8, 4) is 0 Å². The Morgan fingerprint density at radius 2 is 1.81 bits per heavy atom. The fourth-order valence-corrected chi connectivity index (χ4v) is 5.94. The van der Waals surface area contributed by atoms with Gasteiger partial charge in [-0.05, 0) is 25.0 Å². The first-order chi connectivity index (χ1) is 15.3. The van der Waals surface area contributed by atoms with E-state index >= 15 is 0 Å². The summed E-state index contributed by atoms with van der Waals surface area (Å²) in [6.45, 7) is 3.68. The molecule has 5 rings (SSSR count). The SMILES string of the molecule is CS(=O)(=O)N1CC[C@]2(CCn3cc(C(=O)N4CCN(c5ccccn5)CC4)c(=O)nc32)C1. The fourth-order valence-electron chi connectivity index (χ4n) is 5.03.